The molecular formula is C12H20O4. The molecule has 1 saturated heterocycles. The van der Waals surface area contributed by atoms with Gasteiger partial charge < -0.3 is 14.6 Å². The summed E-state index contributed by atoms with van der Waals surface area (Å²) in [5.74, 6) is -0.929. The summed E-state index contributed by atoms with van der Waals surface area (Å²) in [5.41, 5.74) is -0.279. The van der Waals surface area contributed by atoms with Gasteiger partial charge in [0.2, 0.25) is 0 Å². The summed E-state index contributed by atoms with van der Waals surface area (Å²) >= 11 is 0. The molecule has 0 aliphatic carbocycles. The van der Waals surface area contributed by atoms with Gasteiger partial charge in [-0.1, -0.05) is 19.9 Å². The van der Waals surface area contributed by atoms with Gasteiger partial charge in [-0.15, -0.1) is 0 Å². The molecular weight excluding hydrogens is 208 g/mol. The van der Waals surface area contributed by atoms with Crippen molar-refractivity contribution in [3.05, 3.63) is 12.2 Å². The predicted octanol–water partition coefficient (Wildman–Crippen LogP) is 2.20. The Bertz CT molecular complexity index is 252. The van der Waals surface area contributed by atoms with Crippen LogP contribution in [0.3, 0.4) is 0 Å². The van der Waals surface area contributed by atoms with E-state index in [4.69, 9.17) is 14.6 Å². The first kappa shape index (κ1) is 13.2. The molecule has 1 aliphatic heterocycles. The number of aliphatic carboxylic acids is 1. The van der Waals surface area contributed by atoms with E-state index in [1.165, 1.54) is 0 Å². The molecule has 16 heavy (non-hydrogen) atoms. The molecule has 4 heteroatoms. The zero-order valence-corrected chi connectivity index (χ0v) is 9.94. The quantitative estimate of drug-likeness (QED) is 0.733. The minimum Gasteiger partial charge on any atom is -0.478 e. The highest BCUT2D eigenvalue weighted by molar-refractivity contribution is 5.79. The van der Waals surface area contributed by atoms with Crippen LogP contribution in [0.5, 0.6) is 0 Å². The van der Waals surface area contributed by atoms with E-state index in [1.54, 1.807) is 6.08 Å². The van der Waals surface area contributed by atoms with Gasteiger partial charge in [0.1, 0.15) is 0 Å². The molecule has 0 saturated carbocycles. The number of rotatable bonds is 5. The third-order valence-corrected chi connectivity index (χ3v) is 2.46. The third kappa shape index (κ3) is 5.28. The summed E-state index contributed by atoms with van der Waals surface area (Å²) in [6, 6.07) is 0. The van der Waals surface area contributed by atoms with E-state index < -0.39 is 5.97 Å². The maximum absolute atomic E-state index is 10.4. The maximum atomic E-state index is 10.4. The second-order valence-corrected chi connectivity index (χ2v) is 4.77. The van der Waals surface area contributed by atoms with Gasteiger partial charge in [0, 0.05) is 18.1 Å². The Balaban J connectivity index is 2.31. The summed E-state index contributed by atoms with van der Waals surface area (Å²) in [4.78, 5) is 10.4. The van der Waals surface area contributed by atoms with Crippen molar-refractivity contribution in [2.24, 2.45) is 5.41 Å². The number of hydrogen-bond acceptors (Lipinski definition) is 3. The van der Waals surface area contributed by atoms with Gasteiger partial charge in [-0.25, -0.2) is 4.79 Å². The van der Waals surface area contributed by atoms with E-state index in [0.29, 0.717) is 6.61 Å². The highest BCUT2D eigenvalue weighted by atomic mass is 16.7. The Morgan fingerprint density at radius 2 is 2.31 bits per heavy atom. The first-order valence-electron chi connectivity index (χ1n) is 5.65. The van der Waals surface area contributed by atoms with E-state index >= 15 is 0 Å². The zero-order chi connectivity index (χ0) is 12.0. The summed E-state index contributed by atoms with van der Waals surface area (Å²) in [6.07, 6.45) is 5.85. The Hall–Kier alpha value is -0.870. The Morgan fingerprint density at radius 3 is 2.88 bits per heavy atom. The molecule has 1 N–H and O–H groups in total. The topological polar surface area (TPSA) is 55.8 Å². The zero-order valence-electron chi connectivity index (χ0n) is 9.94. The van der Waals surface area contributed by atoms with Gasteiger partial charge >= 0.3 is 5.97 Å². The second-order valence-electron chi connectivity index (χ2n) is 4.77. The molecule has 0 aromatic carbocycles. The smallest absolute Gasteiger partial charge is 0.327 e. The van der Waals surface area contributed by atoms with Crippen LogP contribution in [0.2, 0.25) is 0 Å². The maximum Gasteiger partial charge on any atom is 0.327 e. The molecule has 1 aliphatic rings. The lowest BCUT2D eigenvalue weighted by molar-refractivity contribution is -0.172. The van der Waals surface area contributed by atoms with Crippen molar-refractivity contribution in [2.45, 2.75) is 39.4 Å². The summed E-state index contributed by atoms with van der Waals surface area (Å²) in [7, 11) is 0. The molecule has 92 valence electrons. The Kier molecular flexibility index (Phi) is 4.96. The molecule has 0 radical (unpaired) electrons. The minimum atomic E-state index is -0.929. The van der Waals surface area contributed by atoms with Crippen LogP contribution in [0, 0.1) is 5.41 Å². The Labute approximate surface area is 96.2 Å². The van der Waals surface area contributed by atoms with Crippen molar-refractivity contribution in [3.8, 4) is 0 Å². The minimum absolute atomic E-state index is 0.119. The average Bonchev–Trinajstić information content (AvgIpc) is 2.26. The van der Waals surface area contributed by atoms with Crippen LogP contribution in [-0.4, -0.2) is 30.6 Å². The van der Waals surface area contributed by atoms with Crippen LogP contribution in [0.4, 0.5) is 0 Å². The fraction of sp³-hybridized carbons (Fsp3) is 0.750. The summed E-state index contributed by atoms with van der Waals surface area (Å²) < 4.78 is 11.0. The largest absolute Gasteiger partial charge is 0.478 e. The first-order chi connectivity index (χ1) is 7.49. The van der Waals surface area contributed by atoms with Crippen LogP contribution in [0.15, 0.2) is 12.2 Å². The van der Waals surface area contributed by atoms with Crippen molar-refractivity contribution >= 4 is 5.97 Å². The molecule has 0 aromatic rings. The van der Waals surface area contributed by atoms with Gasteiger partial charge in [0.15, 0.2) is 6.29 Å². The lowest BCUT2D eigenvalue weighted by Crippen LogP contribution is -2.27. The standard InChI is InChI=1S/C12H20O4/c1-12(2,7-6-10(13)14)9-16-11-5-3-4-8-15-11/h6-7,11H,3-5,8-9H2,1-2H3,(H,13,14). The van der Waals surface area contributed by atoms with Gasteiger partial charge in [0.25, 0.3) is 0 Å². The lowest BCUT2D eigenvalue weighted by atomic mass is 9.94. The van der Waals surface area contributed by atoms with Crippen LogP contribution in [0.1, 0.15) is 33.1 Å². The molecule has 1 heterocycles. The fourth-order valence-electron chi connectivity index (χ4n) is 1.50. The molecule has 0 aromatic heterocycles. The van der Waals surface area contributed by atoms with Crippen molar-refractivity contribution in [2.75, 3.05) is 13.2 Å². The number of ether oxygens (including phenoxy) is 2. The van der Waals surface area contributed by atoms with E-state index in [0.717, 1.165) is 31.9 Å². The highest BCUT2D eigenvalue weighted by Crippen LogP contribution is 2.21. The molecule has 1 rings (SSSR count). The van der Waals surface area contributed by atoms with E-state index in [1.807, 2.05) is 13.8 Å². The number of carbonyl (C=O) groups is 1. The number of carboxylic acids is 1. The van der Waals surface area contributed by atoms with Crippen LogP contribution < -0.4 is 0 Å². The monoisotopic (exact) mass is 228 g/mol. The third-order valence-electron chi connectivity index (χ3n) is 2.46. The molecule has 1 unspecified atom stereocenters. The molecule has 0 bridgehead atoms. The van der Waals surface area contributed by atoms with Crippen molar-refractivity contribution in [1.29, 1.82) is 0 Å². The van der Waals surface area contributed by atoms with Crippen LogP contribution in [-0.2, 0) is 14.3 Å². The average molecular weight is 228 g/mol. The van der Waals surface area contributed by atoms with Gasteiger partial charge in [-0.05, 0) is 19.3 Å². The number of carboxylic acid groups (broad SMARTS) is 1. The normalized spacial score (nSPS) is 22.5. The Morgan fingerprint density at radius 1 is 1.56 bits per heavy atom. The van der Waals surface area contributed by atoms with Crippen molar-refractivity contribution in [1.82, 2.24) is 0 Å². The number of hydrogen-bond donors (Lipinski definition) is 1. The van der Waals surface area contributed by atoms with Crippen molar-refractivity contribution < 1.29 is 19.4 Å². The molecule has 1 atom stereocenters. The van der Waals surface area contributed by atoms with E-state index in [2.05, 4.69) is 0 Å². The first-order valence-corrected chi connectivity index (χ1v) is 5.65. The summed E-state index contributed by atoms with van der Waals surface area (Å²) in [5, 5.41) is 8.54. The SMILES string of the molecule is CC(C)(C=CC(=O)O)COC1CCCCO1. The van der Waals surface area contributed by atoms with Crippen LogP contribution >= 0.6 is 0 Å². The van der Waals surface area contributed by atoms with Gasteiger partial charge in [-0.3, -0.25) is 0 Å². The van der Waals surface area contributed by atoms with E-state index in [-0.39, 0.29) is 11.7 Å². The van der Waals surface area contributed by atoms with Gasteiger partial charge in [-0.2, -0.15) is 0 Å². The van der Waals surface area contributed by atoms with Gasteiger partial charge in [0.05, 0.1) is 6.61 Å². The second kappa shape index (κ2) is 6.01. The predicted molar refractivity (Wildman–Crippen MR) is 60.1 cm³/mol. The molecule has 0 spiro atoms. The lowest BCUT2D eigenvalue weighted by Gasteiger charge is -2.27. The molecule has 0 amide bonds. The van der Waals surface area contributed by atoms with E-state index in [9.17, 15) is 4.79 Å². The summed E-state index contributed by atoms with van der Waals surface area (Å²) in [6.45, 7) is 5.11. The van der Waals surface area contributed by atoms with Crippen molar-refractivity contribution in [3.63, 3.8) is 0 Å². The van der Waals surface area contributed by atoms with Crippen LogP contribution in [0.25, 0.3) is 0 Å². The fourth-order valence-corrected chi connectivity index (χ4v) is 1.50. The molecule has 1 fully saturated rings. The highest BCUT2D eigenvalue weighted by Gasteiger charge is 2.20. The molecule has 4 nitrogen and oxygen atoms in total.